The van der Waals surface area contributed by atoms with E-state index in [0.29, 0.717) is 5.92 Å². The van der Waals surface area contributed by atoms with Crippen molar-refractivity contribution >= 4 is 38.7 Å². The van der Waals surface area contributed by atoms with E-state index >= 15 is 0 Å². The number of nitrogens with zero attached hydrogens (tertiary/aromatic N) is 2. The Hall–Kier alpha value is -1.79. The van der Waals surface area contributed by atoms with Crippen molar-refractivity contribution in [3.8, 4) is 0 Å². The molecule has 0 radical (unpaired) electrons. The number of aryl methyl sites for hydroxylation is 3. The lowest BCUT2D eigenvalue weighted by atomic mass is 9.89. The third-order valence-corrected chi connectivity index (χ3v) is 7.07. The summed E-state index contributed by atoms with van der Waals surface area (Å²) >= 11 is 3.25. The summed E-state index contributed by atoms with van der Waals surface area (Å²) in [6, 6.07) is 1.91. The first-order valence-corrected chi connectivity index (χ1v) is 10.2. The van der Waals surface area contributed by atoms with Crippen LogP contribution in [-0.2, 0) is 19.4 Å². The van der Waals surface area contributed by atoms with E-state index in [1.54, 1.807) is 22.7 Å². The van der Waals surface area contributed by atoms with Gasteiger partial charge in [0, 0.05) is 20.2 Å². The summed E-state index contributed by atoms with van der Waals surface area (Å²) in [4.78, 5) is 34.3. The van der Waals surface area contributed by atoms with Crippen molar-refractivity contribution in [2.24, 2.45) is 5.92 Å². The van der Waals surface area contributed by atoms with Gasteiger partial charge in [0.25, 0.3) is 5.56 Å². The number of fused-ring (bicyclic) bond motifs is 3. The van der Waals surface area contributed by atoms with Crippen LogP contribution in [0.3, 0.4) is 0 Å². The zero-order chi connectivity index (χ0) is 17.7. The average molecular weight is 373 g/mol. The monoisotopic (exact) mass is 372 g/mol. The van der Waals surface area contributed by atoms with Crippen molar-refractivity contribution < 1.29 is 4.79 Å². The van der Waals surface area contributed by atoms with Crippen LogP contribution in [0.25, 0.3) is 10.2 Å². The molecule has 1 aliphatic carbocycles. The Kier molecular flexibility index (Phi) is 4.12. The van der Waals surface area contributed by atoms with Crippen molar-refractivity contribution in [1.29, 1.82) is 0 Å². The van der Waals surface area contributed by atoms with Gasteiger partial charge in [0.15, 0.2) is 5.78 Å². The Balaban J connectivity index is 1.74. The number of hydrogen-bond acceptors (Lipinski definition) is 5. The number of hydrogen-bond donors (Lipinski definition) is 0. The molecule has 1 atom stereocenters. The second-order valence-electron chi connectivity index (χ2n) is 6.96. The van der Waals surface area contributed by atoms with E-state index in [0.717, 1.165) is 44.8 Å². The number of ketones is 1. The van der Waals surface area contributed by atoms with Crippen LogP contribution in [-0.4, -0.2) is 15.3 Å². The smallest absolute Gasteiger partial charge is 0.262 e. The molecule has 1 aliphatic rings. The average Bonchev–Trinajstić information content (AvgIpc) is 3.09. The lowest BCUT2D eigenvalue weighted by molar-refractivity contribution is 0.0970. The van der Waals surface area contributed by atoms with Crippen LogP contribution < -0.4 is 5.56 Å². The Labute approximate surface area is 154 Å². The topological polar surface area (TPSA) is 52.0 Å². The van der Waals surface area contributed by atoms with Gasteiger partial charge in [-0.3, -0.25) is 14.2 Å². The van der Waals surface area contributed by atoms with Crippen LogP contribution in [0.1, 0.15) is 43.9 Å². The lowest BCUT2D eigenvalue weighted by Crippen LogP contribution is -2.25. The van der Waals surface area contributed by atoms with Gasteiger partial charge in [0.2, 0.25) is 0 Å². The fraction of sp³-hybridized carbons (Fsp3) is 0.421. The number of carbonyl (C=O) groups excluding carboxylic acids is 1. The molecule has 0 N–H and O–H groups in total. The lowest BCUT2D eigenvalue weighted by Gasteiger charge is -2.17. The SMILES string of the molecule is Cc1cc(C(=O)Cn2cnc3sc4c(c3c2=O)CC[C@@H](C)C4)c(C)s1. The van der Waals surface area contributed by atoms with Crippen molar-refractivity contribution in [3.05, 3.63) is 48.5 Å². The highest BCUT2D eigenvalue weighted by molar-refractivity contribution is 7.18. The van der Waals surface area contributed by atoms with Crippen molar-refractivity contribution in [1.82, 2.24) is 9.55 Å². The Morgan fingerprint density at radius 3 is 2.88 bits per heavy atom. The second-order valence-corrected chi connectivity index (χ2v) is 9.50. The zero-order valence-electron chi connectivity index (χ0n) is 14.6. The van der Waals surface area contributed by atoms with Gasteiger partial charge in [-0.15, -0.1) is 22.7 Å². The summed E-state index contributed by atoms with van der Waals surface area (Å²) in [5, 5.41) is 0.737. The molecule has 0 aliphatic heterocycles. The Morgan fingerprint density at radius 1 is 1.36 bits per heavy atom. The minimum absolute atomic E-state index is 0.0252. The molecule has 0 amide bonds. The van der Waals surface area contributed by atoms with Crippen molar-refractivity contribution in [3.63, 3.8) is 0 Å². The Bertz CT molecular complexity index is 1040. The first kappa shape index (κ1) is 16.7. The van der Waals surface area contributed by atoms with Crippen LogP contribution in [0, 0.1) is 19.8 Å². The van der Waals surface area contributed by atoms with Gasteiger partial charge in [0.1, 0.15) is 4.83 Å². The number of carbonyl (C=O) groups is 1. The first-order chi connectivity index (χ1) is 11.9. The molecule has 0 fully saturated rings. The van der Waals surface area contributed by atoms with E-state index in [1.807, 2.05) is 19.9 Å². The number of rotatable bonds is 3. The molecule has 0 spiro atoms. The maximum atomic E-state index is 13.0. The fourth-order valence-electron chi connectivity index (χ4n) is 3.63. The largest absolute Gasteiger partial charge is 0.292 e. The molecule has 3 heterocycles. The van der Waals surface area contributed by atoms with Crippen molar-refractivity contribution in [2.75, 3.05) is 0 Å². The number of aromatic nitrogens is 2. The summed E-state index contributed by atoms with van der Waals surface area (Å²) in [6.45, 7) is 6.25. The highest BCUT2D eigenvalue weighted by Crippen LogP contribution is 2.35. The third kappa shape index (κ3) is 2.87. The molecular formula is C19H20N2O2S2. The van der Waals surface area contributed by atoms with Gasteiger partial charge in [-0.25, -0.2) is 4.98 Å². The molecule has 0 saturated carbocycles. The van der Waals surface area contributed by atoms with Crippen LogP contribution >= 0.6 is 22.7 Å². The van der Waals surface area contributed by atoms with Gasteiger partial charge in [0.05, 0.1) is 18.3 Å². The van der Waals surface area contributed by atoms with E-state index in [1.165, 1.54) is 21.3 Å². The minimum atomic E-state index is -0.0741. The third-order valence-electron chi connectivity index (χ3n) is 4.94. The molecule has 130 valence electrons. The summed E-state index contributed by atoms with van der Waals surface area (Å²) in [5.74, 6) is 0.636. The van der Waals surface area contributed by atoms with Gasteiger partial charge < -0.3 is 0 Å². The molecule has 3 aromatic heterocycles. The molecule has 6 heteroatoms. The zero-order valence-corrected chi connectivity index (χ0v) is 16.2. The molecule has 0 unspecified atom stereocenters. The molecule has 25 heavy (non-hydrogen) atoms. The first-order valence-electron chi connectivity index (χ1n) is 8.54. The van der Waals surface area contributed by atoms with Gasteiger partial charge in [-0.05, 0) is 50.7 Å². The molecule has 0 saturated heterocycles. The van der Waals surface area contributed by atoms with Crippen molar-refractivity contribution in [2.45, 2.75) is 46.6 Å². The highest BCUT2D eigenvalue weighted by atomic mass is 32.1. The minimum Gasteiger partial charge on any atom is -0.292 e. The molecule has 0 bridgehead atoms. The summed E-state index contributed by atoms with van der Waals surface area (Å²) < 4.78 is 1.47. The number of thiophene rings is 2. The second kappa shape index (κ2) is 6.18. The summed E-state index contributed by atoms with van der Waals surface area (Å²) in [5.41, 5.74) is 1.81. The fourth-order valence-corrected chi connectivity index (χ4v) is 5.91. The maximum absolute atomic E-state index is 13.0. The van der Waals surface area contributed by atoms with E-state index in [4.69, 9.17) is 0 Å². The molecular weight excluding hydrogens is 352 g/mol. The van der Waals surface area contributed by atoms with Gasteiger partial charge in [-0.2, -0.15) is 0 Å². The molecule has 3 aromatic rings. The van der Waals surface area contributed by atoms with E-state index in [9.17, 15) is 9.59 Å². The summed E-state index contributed by atoms with van der Waals surface area (Å²) in [7, 11) is 0. The van der Waals surface area contributed by atoms with Gasteiger partial charge in [-0.1, -0.05) is 6.92 Å². The molecule has 4 nitrogen and oxygen atoms in total. The van der Waals surface area contributed by atoms with E-state index < -0.39 is 0 Å². The normalized spacial score (nSPS) is 17.0. The maximum Gasteiger partial charge on any atom is 0.262 e. The standard InChI is InChI=1S/C19H20N2O2S2/c1-10-4-5-13-16(6-10)25-18-17(13)19(23)21(9-20-18)8-15(22)14-7-11(2)24-12(14)3/h7,9-10H,4-6,8H2,1-3H3/t10-/m1/s1. The Morgan fingerprint density at radius 2 is 2.16 bits per heavy atom. The molecule has 4 rings (SSSR count). The van der Waals surface area contributed by atoms with E-state index in [2.05, 4.69) is 11.9 Å². The van der Waals surface area contributed by atoms with Crippen LogP contribution in [0.15, 0.2) is 17.2 Å². The summed E-state index contributed by atoms with van der Waals surface area (Å²) in [6.07, 6.45) is 4.61. The highest BCUT2D eigenvalue weighted by Gasteiger charge is 2.23. The number of Topliss-reactive ketones (excluding diaryl/α,β-unsaturated/α-hetero) is 1. The van der Waals surface area contributed by atoms with Gasteiger partial charge >= 0.3 is 0 Å². The van der Waals surface area contributed by atoms with Crippen LogP contribution in [0.5, 0.6) is 0 Å². The van der Waals surface area contributed by atoms with E-state index in [-0.39, 0.29) is 17.9 Å². The predicted molar refractivity (Wildman–Crippen MR) is 103 cm³/mol. The molecule has 0 aromatic carbocycles. The predicted octanol–water partition coefficient (Wildman–Crippen LogP) is 4.14. The van der Waals surface area contributed by atoms with Crippen LogP contribution in [0.2, 0.25) is 0 Å². The quantitative estimate of drug-likeness (QED) is 0.649. The van der Waals surface area contributed by atoms with Crippen LogP contribution in [0.4, 0.5) is 0 Å².